The Bertz CT molecular complexity index is 710. The van der Waals surface area contributed by atoms with Crippen molar-refractivity contribution in [1.29, 1.82) is 0 Å². The van der Waals surface area contributed by atoms with Crippen molar-refractivity contribution in [1.82, 2.24) is 5.32 Å². The first-order chi connectivity index (χ1) is 15.2. The molecule has 4 aliphatic rings. The highest BCUT2D eigenvalue weighted by atomic mass is 16.1. The molecule has 3 unspecified atom stereocenters. The second-order valence-corrected chi connectivity index (χ2v) is 13.3. The van der Waals surface area contributed by atoms with Gasteiger partial charge in [-0.3, -0.25) is 4.79 Å². The van der Waals surface area contributed by atoms with E-state index in [2.05, 4.69) is 46.0 Å². The smallest absolute Gasteiger partial charge is 0.220 e. The molecule has 1 N–H and O–H groups in total. The Hall–Kier alpha value is -0.790. The predicted molar refractivity (Wildman–Crippen MR) is 135 cm³/mol. The molecule has 4 aliphatic carbocycles. The van der Waals surface area contributed by atoms with E-state index in [1.165, 1.54) is 70.6 Å². The molecule has 32 heavy (non-hydrogen) atoms. The van der Waals surface area contributed by atoms with E-state index >= 15 is 0 Å². The fourth-order valence-electron chi connectivity index (χ4n) is 9.30. The van der Waals surface area contributed by atoms with Crippen molar-refractivity contribution < 1.29 is 4.79 Å². The van der Waals surface area contributed by atoms with Gasteiger partial charge in [0.25, 0.3) is 0 Å². The average molecular weight is 442 g/mol. The highest BCUT2D eigenvalue weighted by Crippen LogP contribution is 2.67. The molecule has 2 heteroatoms. The van der Waals surface area contributed by atoms with Crippen LogP contribution in [-0.4, -0.2) is 13.0 Å². The normalized spacial score (nSPS) is 42.0. The maximum absolute atomic E-state index is 12.0. The van der Waals surface area contributed by atoms with E-state index in [1.54, 1.807) is 12.6 Å². The van der Waals surface area contributed by atoms with E-state index < -0.39 is 0 Å². The monoisotopic (exact) mass is 441 g/mol. The van der Waals surface area contributed by atoms with Crippen molar-refractivity contribution in [3.05, 3.63) is 11.6 Å². The molecule has 3 saturated carbocycles. The molecule has 0 spiro atoms. The summed E-state index contributed by atoms with van der Waals surface area (Å²) in [5.74, 6) is 6.20. The maximum atomic E-state index is 12.0. The number of carbonyl (C=O) groups excluding carboxylic acids is 1. The highest BCUT2D eigenvalue weighted by Gasteiger charge is 2.59. The van der Waals surface area contributed by atoms with Gasteiger partial charge in [-0.05, 0) is 104 Å². The molecule has 0 aliphatic heterocycles. The van der Waals surface area contributed by atoms with Crippen molar-refractivity contribution >= 4 is 5.91 Å². The molecular weight excluding hydrogens is 390 g/mol. The van der Waals surface area contributed by atoms with Crippen LogP contribution in [0.4, 0.5) is 0 Å². The van der Waals surface area contributed by atoms with Crippen molar-refractivity contribution in [2.24, 2.45) is 52.3 Å². The Morgan fingerprint density at radius 1 is 1.06 bits per heavy atom. The van der Waals surface area contributed by atoms with Crippen LogP contribution in [0.2, 0.25) is 0 Å². The minimum atomic E-state index is 0.223. The molecule has 4 rings (SSSR count). The summed E-state index contributed by atoms with van der Waals surface area (Å²) in [6, 6.07) is 0. The lowest BCUT2D eigenvalue weighted by molar-refractivity contribution is -0.122. The van der Waals surface area contributed by atoms with Crippen LogP contribution in [0, 0.1) is 52.3 Å². The molecule has 0 bridgehead atoms. The number of allylic oxidation sites excluding steroid dienone is 2. The summed E-state index contributed by atoms with van der Waals surface area (Å²) in [6.07, 6.45) is 18.5. The second kappa shape index (κ2) is 9.46. The van der Waals surface area contributed by atoms with Crippen molar-refractivity contribution in [3.63, 3.8) is 0 Å². The lowest BCUT2D eigenvalue weighted by Gasteiger charge is -2.58. The number of hydrogen-bond donors (Lipinski definition) is 1. The van der Waals surface area contributed by atoms with Crippen LogP contribution in [-0.2, 0) is 4.79 Å². The van der Waals surface area contributed by atoms with Gasteiger partial charge < -0.3 is 5.32 Å². The molecule has 0 aromatic heterocycles. The van der Waals surface area contributed by atoms with Gasteiger partial charge >= 0.3 is 0 Å². The SMILES string of the molecule is CNC(=O)C[C@H]1CC[C@@]2(C)C(=CCC3C2CC[C@@]2(C)C3CC[C@@H]2[C@H](C)CCCC(C)C)C1. The van der Waals surface area contributed by atoms with Crippen LogP contribution in [0.3, 0.4) is 0 Å². The summed E-state index contributed by atoms with van der Waals surface area (Å²) in [5.41, 5.74) is 2.71. The van der Waals surface area contributed by atoms with E-state index in [4.69, 9.17) is 0 Å². The second-order valence-electron chi connectivity index (χ2n) is 13.3. The molecule has 1 amide bonds. The third kappa shape index (κ3) is 4.34. The van der Waals surface area contributed by atoms with Gasteiger partial charge in [0.05, 0.1) is 0 Å². The zero-order chi connectivity index (χ0) is 23.1. The maximum Gasteiger partial charge on any atom is 0.220 e. The van der Waals surface area contributed by atoms with Crippen molar-refractivity contribution in [2.45, 2.75) is 112 Å². The fraction of sp³-hybridized carbons (Fsp3) is 0.900. The molecule has 2 nitrogen and oxygen atoms in total. The third-order valence-corrected chi connectivity index (χ3v) is 11.2. The topological polar surface area (TPSA) is 29.1 Å². The van der Waals surface area contributed by atoms with Crippen LogP contribution >= 0.6 is 0 Å². The number of nitrogens with one attached hydrogen (secondary N) is 1. The third-order valence-electron chi connectivity index (χ3n) is 11.2. The summed E-state index contributed by atoms with van der Waals surface area (Å²) in [6.45, 7) is 12.6. The van der Waals surface area contributed by atoms with Gasteiger partial charge in [0.1, 0.15) is 0 Å². The van der Waals surface area contributed by atoms with E-state index in [1.807, 2.05) is 0 Å². The van der Waals surface area contributed by atoms with Gasteiger partial charge in [0.2, 0.25) is 5.91 Å². The van der Waals surface area contributed by atoms with E-state index in [-0.39, 0.29) is 5.91 Å². The number of carbonyl (C=O) groups is 1. The standard InChI is InChI=1S/C30H51NO/c1-20(2)8-7-9-21(3)25-12-13-26-24-11-10-23-18-22(19-28(32)31-6)14-16-29(23,4)27(24)15-17-30(25,26)5/h10,20-22,24-27H,7-9,11-19H2,1-6H3,(H,31,32)/t21-,22+,24?,25-,26?,27?,29+,30-/m1/s1. The summed E-state index contributed by atoms with van der Waals surface area (Å²) >= 11 is 0. The summed E-state index contributed by atoms with van der Waals surface area (Å²) in [4.78, 5) is 12.0. The molecule has 0 radical (unpaired) electrons. The van der Waals surface area contributed by atoms with Crippen molar-refractivity contribution in [2.75, 3.05) is 7.05 Å². The molecule has 0 aromatic carbocycles. The van der Waals surface area contributed by atoms with Crippen LogP contribution in [0.5, 0.6) is 0 Å². The van der Waals surface area contributed by atoms with Gasteiger partial charge in [0, 0.05) is 13.5 Å². The Balaban J connectivity index is 1.45. The zero-order valence-electron chi connectivity index (χ0n) is 22.0. The Morgan fingerprint density at radius 2 is 1.84 bits per heavy atom. The first kappa shape index (κ1) is 24.3. The molecular formula is C30H51NO. The molecule has 8 atom stereocenters. The quantitative estimate of drug-likeness (QED) is 0.401. The first-order valence-corrected chi connectivity index (χ1v) is 14.1. The van der Waals surface area contributed by atoms with Gasteiger partial charge in [-0.25, -0.2) is 0 Å². The lowest BCUT2D eigenvalue weighted by Crippen LogP contribution is -2.50. The van der Waals surface area contributed by atoms with Gasteiger partial charge in [-0.15, -0.1) is 0 Å². The molecule has 3 fully saturated rings. The largest absolute Gasteiger partial charge is 0.359 e. The van der Waals surface area contributed by atoms with E-state index in [9.17, 15) is 4.79 Å². The van der Waals surface area contributed by atoms with Gasteiger partial charge in [-0.2, -0.15) is 0 Å². The number of rotatable bonds is 7. The minimum absolute atomic E-state index is 0.223. The zero-order valence-corrected chi connectivity index (χ0v) is 22.0. The van der Waals surface area contributed by atoms with Crippen LogP contribution in [0.1, 0.15) is 112 Å². The van der Waals surface area contributed by atoms with Crippen LogP contribution in [0.15, 0.2) is 11.6 Å². The molecule has 0 heterocycles. The minimum Gasteiger partial charge on any atom is -0.359 e. The van der Waals surface area contributed by atoms with E-state index in [0.29, 0.717) is 16.7 Å². The molecule has 182 valence electrons. The average Bonchev–Trinajstić information content (AvgIpc) is 3.11. The Labute approximate surface area is 198 Å². The lowest BCUT2D eigenvalue weighted by atomic mass is 9.46. The first-order valence-electron chi connectivity index (χ1n) is 14.1. The summed E-state index contributed by atoms with van der Waals surface area (Å²) < 4.78 is 0. The highest BCUT2D eigenvalue weighted by molar-refractivity contribution is 5.75. The summed E-state index contributed by atoms with van der Waals surface area (Å²) in [5, 5.41) is 2.84. The van der Waals surface area contributed by atoms with Crippen molar-refractivity contribution in [3.8, 4) is 0 Å². The summed E-state index contributed by atoms with van der Waals surface area (Å²) in [7, 11) is 1.78. The number of fused-ring (bicyclic) bond motifs is 5. The van der Waals surface area contributed by atoms with Crippen LogP contribution < -0.4 is 5.32 Å². The molecule has 0 saturated heterocycles. The number of amides is 1. The molecule has 0 aromatic rings. The fourth-order valence-corrected chi connectivity index (χ4v) is 9.30. The van der Waals surface area contributed by atoms with Gasteiger partial charge in [0.15, 0.2) is 0 Å². The van der Waals surface area contributed by atoms with Crippen LogP contribution in [0.25, 0.3) is 0 Å². The van der Waals surface area contributed by atoms with Gasteiger partial charge in [-0.1, -0.05) is 65.5 Å². The van der Waals surface area contributed by atoms with E-state index in [0.717, 1.165) is 41.9 Å². The Kier molecular flexibility index (Phi) is 7.19. The Morgan fingerprint density at radius 3 is 2.56 bits per heavy atom. The number of hydrogen-bond acceptors (Lipinski definition) is 1. The predicted octanol–water partition coefficient (Wildman–Crippen LogP) is 7.78.